The molecule has 0 atom stereocenters. The first-order valence-electron chi connectivity index (χ1n) is 11.4. The molecule has 1 aliphatic rings. The molecule has 1 heterocycles. The molecule has 3 aromatic carbocycles. The van der Waals surface area contributed by atoms with Gasteiger partial charge in [0.25, 0.3) is 0 Å². The van der Waals surface area contributed by atoms with Gasteiger partial charge in [0, 0.05) is 43.9 Å². The van der Waals surface area contributed by atoms with Crippen LogP contribution in [-0.4, -0.2) is 62.5 Å². The average molecular weight is 439 g/mol. The fourth-order valence-electron chi connectivity index (χ4n) is 4.03. The van der Waals surface area contributed by atoms with Crippen LogP contribution in [0.4, 0.5) is 0 Å². The molecule has 3 aromatic rings. The normalized spacial score (nSPS) is 14.4. The van der Waals surface area contributed by atoms with Crippen LogP contribution in [0.1, 0.15) is 27.0 Å². The van der Waals surface area contributed by atoms with Gasteiger partial charge in [0.05, 0.1) is 5.56 Å². The van der Waals surface area contributed by atoms with Gasteiger partial charge in [-0.25, -0.2) is 0 Å². The quantitative estimate of drug-likeness (QED) is 0.419. The van der Waals surface area contributed by atoms with Gasteiger partial charge < -0.3 is 9.64 Å². The van der Waals surface area contributed by atoms with Crippen molar-refractivity contribution in [1.29, 1.82) is 0 Å². The van der Waals surface area contributed by atoms with Crippen molar-refractivity contribution in [2.75, 3.05) is 46.4 Å². The summed E-state index contributed by atoms with van der Waals surface area (Å²) in [5.74, 6) is 7.16. The molecule has 33 heavy (non-hydrogen) atoms. The average Bonchev–Trinajstić information content (AvgIpc) is 2.85. The number of aldehydes is 1. The van der Waals surface area contributed by atoms with Crippen molar-refractivity contribution in [3.63, 3.8) is 0 Å². The van der Waals surface area contributed by atoms with Gasteiger partial charge in [-0.2, -0.15) is 0 Å². The summed E-state index contributed by atoms with van der Waals surface area (Å²) >= 11 is 0. The van der Waals surface area contributed by atoms with Crippen LogP contribution in [0.15, 0.2) is 66.7 Å². The summed E-state index contributed by atoms with van der Waals surface area (Å²) < 4.78 is 6.00. The number of nitrogens with zero attached hydrogens (tertiary/aromatic N) is 2. The first-order valence-corrected chi connectivity index (χ1v) is 11.4. The lowest BCUT2D eigenvalue weighted by atomic mass is 9.96. The van der Waals surface area contributed by atoms with E-state index in [1.807, 2.05) is 42.5 Å². The molecule has 1 fully saturated rings. The third-order valence-corrected chi connectivity index (χ3v) is 6.16. The molecular formula is C29H30N2O2. The lowest BCUT2D eigenvalue weighted by Gasteiger charge is -2.32. The van der Waals surface area contributed by atoms with E-state index in [9.17, 15) is 4.79 Å². The van der Waals surface area contributed by atoms with Crippen molar-refractivity contribution in [1.82, 2.24) is 9.80 Å². The molecule has 0 spiro atoms. The number of piperazine rings is 1. The predicted molar refractivity (Wildman–Crippen MR) is 134 cm³/mol. The van der Waals surface area contributed by atoms with Crippen LogP contribution in [0.25, 0.3) is 11.1 Å². The smallest absolute Gasteiger partial charge is 0.153 e. The second kappa shape index (κ2) is 11.0. The second-order valence-corrected chi connectivity index (χ2v) is 8.46. The summed E-state index contributed by atoms with van der Waals surface area (Å²) in [7, 11) is 2.15. The Bertz CT molecular complexity index is 1150. The van der Waals surface area contributed by atoms with Crippen molar-refractivity contribution >= 4 is 6.29 Å². The maximum absolute atomic E-state index is 11.5. The van der Waals surface area contributed by atoms with Crippen LogP contribution in [0.5, 0.6) is 5.75 Å². The summed E-state index contributed by atoms with van der Waals surface area (Å²) in [6.45, 7) is 7.77. The Morgan fingerprint density at radius 1 is 0.939 bits per heavy atom. The summed E-state index contributed by atoms with van der Waals surface area (Å²) in [5, 5.41) is 0. The Balaban J connectivity index is 1.48. The Hall–Kier alpha value is -3.39. The zero-order valence-corrected chi connectivity index (χ0v) is 19.4. The van der Waals surface area contributed by atoms with Crippen LogP contribution in [0.2, 0.25) is 0 Å². The van der Waals surface area contributed by atoms with E-state index in [2.05, 4.69) is 53.8 Å². The lowest BCUT2D eigenvalue weighted by Crippen LogP contribution is -2.45. The number of ether oxygens (including phenoxy) is 1. The highest BCUT2D eigenvalue weighted by Crippen LogP contribution is 2.25. The lowest BCUT2D eigenvalue weighted by molar-refractivity contribution is 0.111. The molecule has 0 amide bonds. The molecule has 4 heteroatoms. The van der Waals surface area contributed by atoms with Crippen molar-refractivity contribution in [2.45, 2.75) is 6.92 Å². The molecule has 0 N–H and O–H groups in total. The number of benzene rings is 3. The number of carbonyl (C=O) groups excluding carboxylic acids is 1. The third-order valence-electron chi connectivity index (χ3n) is 6.16. The standard InChI is InChI=1S/C29H30N2O2/c1-23-25(9-6-10-28(23)26-7-4-3-5-8-26)13-11-24-12-14-27(22-32)29(21-24)33-20-19-31-17-15-30(2)16-18-31/h3-10,12,14,21-22H,15-20H2,1-2H3. The van der Waals surface area contributed by atoms with Crippen LogP contribution < -0.4 is 4.74 Å². The molecule has 0 saturated carbocycles. The van der Waals surface area contributed by atoms with E-state index >= 15 is 0 Å². The van der Waals surface area contributed by atoms with Gasteiger partial charge >= 0.3 is 0 Å². The number of carbonyl (C=O) groups is 1. The van der Waals surface area contributed by atoms with E-state index in [0.29, 0.717) is 17.9 Å². The Morgan fingerprint density at radius 2 is 1.73 bits per heavy atom. The number of likely N-dealkylation sites (N-methyl/N-ethyl adjacent to an activating group) is 1. The van der Waals surface area contributed by atoms with Gasteiger partial charge in [-0.1, -0.05) is 54.3 Å². The summed E-state index contributed by atoms with van der Waals surface area (Å²) in [5.41, 5.74) is 5.91. The SMILES string of the molecule is Cc1c(C#Cc2ccc(C=O)c(OCCN3CCN(C)CC3)c2)cccc1-c1ccccc1. The largest absolute Gasteiger partial charge is 0.491 e. The molecule has 4 rings (SSSR count). The van der Waals surface area contributed by atoms with E-state index in [1.54, 1.807) is 6.07 Å². The number of rotatable bonds is 6. The molecule has 0 aromatic heterocycles. The van der Waals surface area contributed by atoms with Gasteiger partial charge in [0.15, 0.2) is 6.29 Å². The fraction of sp³-hybridized carbons (Fsp3) is 0.276. The van der Waals surface area contributed by atoms with Gasteiger partial charge in [0.2, 0.25) is 0 Å². The highest BCUT2D eigenvalue weighted by atomic mass is 16.5. The molecule has 1 aliphatic heterocycles. The highest BCUT2D eigenvalue weighted by molar-refractivity contribution is 5.80. The van der Waals surface area contributed by atoms with Crippen LogP contribution in [-0.2, 0) is 0 Å². The summed E-state index contributed by atoms with van der Waals surface area (Å²) in [4.78, 5) is 16.2. The van der Waals surface area contributed by atoms with Crippen LogP contribution in [0.3, 0.4) is 0 Å². The van der Waals surface area contributed by atoms with Crippen molar-refractivity contribution in [2.24, 2.45) is 0 Å². The fourth-order valence-corrected chi connectivity index (χ4v) is 4.03. The van der Waals surface area contributed by atoms with E-state index in [-0.39, 0.29) is 0 Å². The Labute approximate surface area is 196 Å². The van der Waals surface area contributed by atoms with Crippen LogP contribution in [0, 0.1) is 18.8 Å². The van der Waals surface area contributed by atoms with Gasteiger partial charge in [-0.3, -0.25) is 9.69 Å². The second-order valence-electron chi connectivity index (χ2n) is 8.46. The Kier molecular flexibility index (Phi) is 7.57. The minimum atomic E-state index is 0.555. The minimum absolute atomic E-state index is 0.555. The maximum Gasteiger partial charge on any atom is 0.153 e. The van der Waals surface area contributed by atoms with E-state index in [4.69, 9.17) is 4.74 Å². The molecule has 0 bridgehead atoms. The van der Waals surface area contributed by atoms with Gasteiger partial charge in [0.1, 0.15) is 12.4 Å². The highest BCUT2D eigenvalue weighted by Gasteiger charge is 2.13. The monoisotopic (exact) mass is 438 g/mol. The summed E-state index contributed by atoms with van der Waals surface area (Å²) in [6, 6.07) is 22.1. The number of hydrogen-bond acceptors (Lipinski definition) is 4. The first-order chi connectivity index (χ1) is 16.1. The van der Waals surface area contributed by atoms with Crippen molar-refractivity contribution < 1.29 is 9.53 Å². The predicted octanol–water partition coefficient (Wildman–Crippen LogP) is 4.50. The van der Waals surface area contributed by atoms with E-state index < -0.39 is 0 Å². The van der Waals surface area contributed by atoms with Gasteiger partial charge in [-0.05, 0) is 54.9 Å². The van der Waals surface area contributed by atoms with Gasteiger partial charge in [-0.15, -0.1) is 0 Å². The molecule has 0 radical (unpaired) electrons. The summed E-state index contributed by atoms with van der Waals surface area (Å²) in [6.07, 6.45) is 0.843. The molecule has 0 unspecified atom stereocenters. The van der Waals surface area contributed by atoms with Crippen LogP contribution >= 0.6 is 0 Å². The molecular weight excluding hydrogens is 408 g/mol. The minimum Gasteiger partial charge on any atom is -0.491 e. The molecule has 1 saturated heterocycles. The zero-order valence-electron chi connectivity index (χ0n) is 19.4. The van der Waals surface area contributed by atoms with Crippen molar-refractivity contribution in [3.8, 4) is 28.7 Å². The number of hydrogen-bond donors (Lipinski definition) is 0. The van der Waals surface area contributed by atoms with E-state index in [1.165, 1.54) is 11.1 Å². The third kappa shape index (κ3) is 5.90. The topological polar surface area (TPSA) is 32.8 Å². The van der Waals surface area contributed by atoms with E-state index in [0.717, 1.165) is 55.7 Å². The molecule has 4 nitrogen and oxygen atoms in total. The molecule has 0 aliphatic carbocycles. The molecule has 168 valence electrons. The van der Waals surface area contributed by atoms with Crippen molar-refractivity contribution in [3.05, 3.63) is 89.0 Å². The zero-order chi connectivity index (χ0) is 23.0. The first kappa shape index (κ1) is 22.8. The Morgan fingerprint density at radius 3 is 2.48 bits per heavy atom. The maximum atomic E-state index is 11.5.